The molecule has 1 fully saturated rings. The van der Waals surface area contributed by atoms with Crippen LogP contribution in [-0.2, 0) is 11.3 Å². The van der Waals surface area contributed by atoms with E-state index in [4.69, 9.17) is 9.26 Å². The van der Waals surface area contributed by atoms with E-state index >= 15 is 0 Å². The van der Waals surface area contributed by atoms with Gasteiger partial charge in [0.1, 0.15) is 5.69 Å². The SMILES string of the molecule is COCCCN(Cc1c(-c2cccc(C)c2)noc1N1CCCC1)C(=O)c1cccs1. The molecule has 0 bridgehead atoms. The van der Waals surface area contributed by atoms with Crippen LogP contribution in [0.15, 0.2) is 46.3 Å². The summed E-state index contributed by atoms with van der Waals surface area (Å²) in [6.45, 7) is 5.67. The molecule has 1 aliphatic rings. The van der Waals surface area contributed by atoms with Gasteiger partial charge in [-0.05, 0) is 43.7 Å². The van der Waals surface area contributed by atoms with Gasteiger partial charge in [-0.25, -0.2) is 0 Å². The van der Waals surface area contributed by atoms with Crippen molar-refractivity contribution in [2.45, 2.75) is 32.7 Å². The van der Waals surface area contributed by atoms with E-state index in [1.807, 2.05) is 28.5 Å². The molecule has 1 aromatic carbocycles. The highest BCUT2D eigenvalue weighted by molar-refractivity contribution is 7.12. The molecule has 0 spiro atoms. The van der Waals surface area contributed by atoms with Crippen LogP contribution in [0.2, 0.25) is 0 Å². The number of ether oxygens (including phenoxy) is 1. The van der Waals surface area contributed by atoms with E-state index in [1.54, 1.807) is 7.11 Å². The maximum Gasteiger partial charge on any atom is 0.264 e. The van der Waals surface area contributed by atoms with Crippen molar-refractivity contribution in [1.82, 2.24) is 10.1 Å². The molecule has 164 valence electrons. The van der Waals surface area contributed by atoms with E-state index in [-0.39, 0.29) is 5.91 Å². The highest BCUT2D eigenvalue weighted by atomic mass is 32.1. The van der Waals surface area contributed by atoms with Crippen LogP contribution in [0, 0.1) is 6.92 Å². The van der Waals surface area contributed by atoms with Gasteiger partial charge in [0.25, 0.3) is 5.91 Å². The fourth-order valence-electron chi connectivity index (χ4n) is 4.03. The van der Waals surface area contributed by atoms with E-state index < -0.39 is 0 Å². The van der Waals surface area contributed by atoms with Gasteiger partial charge in [-0.15, -0.1) is 11.3 Å². The number of rotatable bonds is 9. The summed E-state index contributed by atoms with van der Waals surface area (Å²) < 4.78 is 11.1. The van der Waals surface area contributed by atoms with Gasteiger partial charge in [-0.3, -0.25) is 4.79 Å². The van der Waals surface area contributed by atoms with Gasteiger partial charge in [0.05, 0.1) is 17.0 Å². The Morgan fingerprint density at radius 3 is 2.81 bits per heavy atom. The Balaban J connectivity index is 1.70. The molecule has 3 heterocycles. The first-order valence-electron chi connectivity index (χ1n) is 10.8. The summed E-state index contributed by atoms with van der Waals surface area (Å²) in [5.41, 5.74) is 3.99. The molecule has 6 nitrogen and oxygen atoms in total. The zero-order chi connectivity index (χ0) is 21.6. The van der Waals surface area contributed by atoms with Crippen molar-refractivity contribution >= 4 is 23.1 Å². The van der Waals surface area contributed by atoms with Crippen molar-refractivity contribution in [2.75, 3.05) is 38.3 Å². The van der Waals surface area contributed by atoms with Gasteiger partial charge in [-0.1, -0.05) is 35.0 Å². The number of carbonyl (C=O) groups is 1. The van der Waals surface area contributed by atoms with Crippen LogP contribution in [0.1, 0.15) is 40.1 Å². The molecule has 0 N–H and O–H groups in total. The largest absolute Gasteiger partial charge is 0.385 e. The second-order valence-electron chi connectivity index (χ2n) is 7.93. The fourth-order valence-corrected chi connectivity index (χ4v) is 4.72. The number of benzene rings is 1. The topological polar surface area (TPSA) is 58.8 Å². The minimum Gasteiger partial charge on any atom is -0.385 e. The van der Waals surface area contributed by atoms with Crippen LogP contribution in [0.4, 0.5) is 5.88 Å². The molecular formula is C24H29N3O3S. The average Bonchev–Trinajstić information content (AvgIpc) is 3.54. The van der Waals surface area contributed by atoms with Crippen molar-refractivity contribution < 1.29 is 14.1 Å². The van der Waals surface area contributed by atoms with Crippen LogP contribution >= 0.6 is 11.3 Å². The van der Waals surface area contributed by atoms with Crippen LogP contribution in [0.3, 0.4) is 0 Å². The number of nitrogens with zero attached hydrogens (tertiary/aromatic N) is 3. The zero-order valence-corrected chi connectivity index (χ0v) is 19.0. The Morgan fingerprint density at radius 1 is 1.26 bits per heavy atom. The van der Waals surface area contributed by atoms with E-state index in [2.05, 4.69) is 35.2 Å². The predicted molar refractivity (Wildman–Crippen MR) is 124 cm³/mol. The Hall–Kier alpha value is -2.64. The standard InChI is InChI=1S/C24H29N3O3S/c1-18-8-5-9-19(16-18)22-20(24(30-25-22)26-11-3-4-12-26)17-27(13-7-14-29-2)23(28)21-10-6-15-31-21/h5-6,8-10,15-16H,3-4,7,11-14,17H2,1-2H3. The second kappa shape index (κ2) is 10.1. The highest BCUT2D eigenvalue weighted by Gasteiger charge is 2.28. The van der Waals surface area contributed by atoms with E-state index in [0.29, 0.717) is 19.7 Å². The summed E-state index contributed by atoms with van der Waals surface area (Å²) in [6, 6.07) is 12.1. The minimum absolute atomic E-state index is 0.0369. The van der Waals surface area contributed by atoms with Crippen LogP contribution < -0.4 is 4.90 Å². The fraction of sp³-hybridized carbons (Fsp3) is 0.417. The number of carbonyl (C=O) groups excluding carboxylic acids is 1. The smallest absolute Gasteiger partial charge is 0.264 e. The lowest BCUT2D eigenvalue weighted by Crippen LogP contribution is -2.32. The number of thiophene rings is 1. The van der Waals surface area contributed by atoms with Crippen molar-refractivity contribution in [3.63, 3.8) is 0 Å². The van der Waals surface area contributed by atoms with Crippen LogP contribution in [0.25, 0.3) is 11.3 Å². The number of anilines is 1. The van der Waals surface area contributed by atoms with E-state index in [1.165, 1.54) is 16.9 Å². The van der Waals surface area contributed by atoms with Gasteiger partial charge in [0, 0.05) is 38.9 Å². The maximum atomic E-state index is 13.3. The second-order valence-corrected chi connectivity index (χ2v) is 8.88. The lowest BCUT2D eigenvalue weighted by atomic mass is 10.0. The Labute approximate surface area is 187 Å². The molecule has 0 atom stereocenters. The molecule has 2 aromatic heterocycles. The molecule has 0 unspecified atom stereocenters. The summed E-state index contributed by atoms with van der Waals surface area (Å²) in [5, 5.41) is 6.41. The number of hydrogen-bond donors (Lipinski definition) is 0. The molecule has 31 heavy (non-hydrogen) atoms. The van der Waals surface area contributed by atoms with E-state index in [9.17, 15) is 4.79 Å². The Morgan fingerprint density at radius 2 is 2.10 bits per heavy atom. The molecule has 1 saturated heterocycles. The first-order chi connectivity index (χ1) is 15.2. The first-order valence-corrected chi connectivity index (χ1v) is 11.7. The van der Waals surface area contributed by atoms with Crippen LogP contribution in [-0.4, -0.2) is 49.3 Å². The third-order valence-corrected chi connectivity index (χ3v) is 6.45. The lowest BCUT2D eigenvalue weighted by Gasteiger charge is -2.24. The molecule has 4 rings (SSSR count). The molecule has 0 saturated carbocycles. The molecular weight excluding hydrogens is 410 g/mol. The average molecular weight is 440 g/mol. The van der Waals surface area contributed by atoms with Crippen molar-refractivity contribution in [3.8, 4) is 11.3 Å². The number of methoxy groups -OCH3 is 1. The van der Waals surface area contributed by atoms with Crippen molar-refractivity contribution in [1.29, 1.82) is 0 Å². The lowest BCUT2D eigenvalue weighted by molar-refractivity contribution is 0.0729. The number of aromatic nitrogens is 1. The van der Waals surface area contributed by atoms with E-state index in [0.717, 1.165) is 59.9 Å². The molecule has 1 amide bonds. The number of amides is 1. The quantitative estimate of drug-likeness (QED) is 0.440. The van der Waals surface area contributed by atoms with Gasteiger partial charge in [-0.2, -0.15) is 0 Å². The van der Waals surface area contributed by atoms with Crippen LogP contribution in [0.5, 0.6) is 0 Å². The first kappa shape index (κ1) is 21.6. The monoisotopic (exact) mass is 439 g/mol. The molecule has 0 radical (unpaired) electrons. The van der Waals surface area contributed by atoms with Gasteiger partial charge < -0.3 is 19.1 Å². The zero-order valence-electron chi connectivity index (χ0n) is 18.2. The Bertz CT molecular complexity index is 993. The van der Waals surface area contributed by atoms with Crippen molar-refractivity contribution in [3.05, 3.63) is 57.8 Å². The molecule has 1 aliphatic heterocycles. The molecule has 0 aliphatic carbocycles. The minimum atomic E-state index is 0.0369. The molecule has 7 heteroatoms. The summed E-state index contributed by atoms with van der Waals surface area (Å²) in [4.78, 5) is 18.2. The summed E-state index contributed by atoms with van der Waals surface area (Å²) >= 11 is 1.47. The predicted octanol–water partition coefficient (Wildman–Crippen LogP) is 4.99. The van der Waals surface area contributed by atoms with Gasteiger partial charge in [0.15, 0.2) is 0 Å². The van der Waals surface area contributed by atoms with Crippen molar-refractivity contribution in [2.24, 2.45) is 0 Å². The maximum absolute atomic E-state index is 13.3. The number of aryl methyl sites for hydroxylation is 1. The summed E-state index contributed by atoms with van der Waals surface area (Å²) in [6.07, 6.45) is 3.06. The highest BCUT2D eigenvalue weighted by Crippen LogP contribution is 2.35. The number of hydrogen-bond acceptors (Lipinski definition) is 6. The van der Waals surface area contributed by atoms with Gasteiger partial charge >= 0.3 is 0 Å². The molecule has 3 aromatic rings. The summed E-state index contributed by atoms with van der Waals surface area (Å²) in [5.74, 6) is 0.833. The third kappa shape index (κ3) is 4.99. The summed E-state index contributed by atoms with van der Waals surface area (Å²) in [7, 11) is 1.69. The van der Waals surface area contributed by atoms with Gasteiger partial charge in [0.2, 0.25) is 5.88 Å². The Kier molecular flexibility index (Phi) is 7.04. The normalized spacial score (nSPS) is 13.7. The third-order valence-electron chi connectivity index (χ3n) is 5.60.